The number of carbonyl (C=O) groups is 2. The molecule has 0 bridgehead atoms. The first kappa shape index (κ1) is 14.2. The number of hydrogen-bond acceptors (Lipinski definition) is 2. The lowest BCUT2D eigenvalue weighted by Gasteiger charge is -2.34. The van der Waals surface area contributed by atoms with Crippen molar-refractivity contribution in [2.45, 2.75) is 6.92 Å². The zero-order chi connectivity index (χ0) is 14.7. The molecule has 1 heterocycles. The van der Waals surface area contributed by atoms with E-state index < -0.39 is 11.6 Å². The van der Waals surface area contributed by atoms with E-state index in [1.165, 1.54) is 17.9 Å². The van der Waals surface area contributed by atoms with Gasteiger partial charge in [0, 0.05) is 44.9 Å². The fourth-order valence-corrected chi connectivity index (χ4v) is 2.00. The minimum Gasteiger partial charge on any atom is -0.339 e. The topological polar surface area (TPSA) is 52.7 Å². The van der Waals surface area contributed by atoms with Crippen LogP contribution >= 0.6 is 0 Å². The van der Waals surface area contributed by atoms with Crippen molar-refractivity contribution < 1.29 is 18.4 Å². The fourth-order valence-electron chi connectivity index (χ4n) is 2.00. The summed E-state index contributed by atoms with van der Waals surface area (Å²) < 4.78 is 25.8. The third-order valence-corrected chi connectivity index (χ3v) is 3.18. The zero-order valence-corrected chi connectivity index (χ0v) is 11.0. The van der Waals surface area contributed by atoms with Gasteiger partial charge in [-0.2, -0.15) is 0 Å². The fraction of sp³-hybridized carbons (Fsp3) is 0.385. The number of piperazine rings is 1. The Balaban J connectivity index is 1.92. The second kappa shape index (κ2) is 5.85. The lowest BCUT2D eigenvalue weighted by molar-refractivity contribution is -0.130. The van der Waals surface area contributed by atoms with Crippen LogP contribution in [0, 0.1) is 11.6 Å². The van der Waals surface area contributed by atoms with Crippen LogP contribution in [0.25, 0.3) is 0 Å². The molecule has 1 aliphatic heterocycles. The van der Waals surface area contributed by atoms with Crippen molar-refractivity contribution in [2.75, 3.05) is 31.5 Å². The van der Waals surface area contributed by atoms with Gasteiger partial charge in [-0.1, -0.05) is 0 Å². The molecule has 20 heavy (non-hydrogen) atoms. The van der Waals surface area contributed by atoms with E-state index in [-0.39, 0.29) is 17.6 Å². The molecule has 2 rings (SSSR count). The molecule has 5 nitrogen and oxygen atoms in total. The van der Waals surface area contributed by atoms with Crippen LogP contribution < -0.4 is 5.32 Å². The van der Waals surface area contributed by atoms with Gasteiger partial charge in [-0.15, -0.1) is 0 Å². The molecule has 0 atom stereocenters. The Morgan fingerprint density at radius 1 is 1.05 bits per heavy atom. The van der Waals surface area contributed by atoms with Crippen LogP contribution in [0.4, 0.5) is 19.3 Å². The Hall–Kier alpha value is -2.18. The van der Waals surface area contributed by atoms with Gasteiger partial charge in [0.1, 0.15) is 0 Å². The van der Waals surface area contributed by atoms with E-state index >= 15 is 0 Å². The van der Waals surface area contributed by atoms with Crippen molar-refractivity contribution in [1.29, 1.82) is 0 Å². The summed E-state index contributed by atoms with van der Waals surface area (Å²) in [6, 6.07) is 2.79. The lowest BCUT2D eigenvalue weighted by atomic mass is 10.3. The van der Waals surface area contributed by atoms with Crippen LogP contribution in [0.15, 0.2) is 18.2 Å². The SMILES string of the molecule is CC(=O)N1CCN(C(=O)Nc2ccc(F)c(F)c2)CC1. The van der Waals surface area contributed by atoms with E-state index in [9.17, 15) is 18.4 Å². The second-order valence-corrected chi connectivity index (χ2v) is 4.55. The average Bonchev–Trinajstić information content (AvgIpc) is 2.43. The molecule has 0 unspecified atom stereocenters. The molecule has 7 heteroatoms. The molecular formula is C13H15F2N3O2. The van der Waals surface area contributed by atoms with Crippen LogP contribution in [0.3, 0.4) is 0 Å². The minimum atomic E-state index is -1.01. The first-order valence-corrected chi connectivity index (χ1v) is 6.24. The van der Waals surface area contributed by atoms with Crippen molar-refractivity contribution in [2.24, 2.45) is 0 Å². The standard InChI is InChI=1S/C13H15F2N3O2/c1-9(19)17-4-6-18(7-5-17)13(20)16-10-2-3-11(14)12(15)8-10/h2-3,8H,4-7H2,1H3,(H,16,20). The number of hydrogen-bond donors (Lipinski definition) is 1. The summed E-state index contributed by atoms with van der Waals surface area (Å²) >= 11 is 0. The van der Waals surface area contributed by atoms with Crippen LogP contribution in [-0.2, 0) is 4.79 Å². The van der Waals surface area contributed by atoms with Gasteiger partial charge in [0.05, 0.1) is 0 Å². The molecule has 3 amide bonds. The Morgan fingerprint density at radius 2 is 1.65 bits per heavy atom. The maximum atomic E-state index is 13.0. The normalized spacial score (nSPS) is 15.2. The summed E-state index contributed by atoms with van der Waals surface area (Å²) in [6.07, 6.45) is 0. The van der Waals surface area contributed by atoms with Crippen molar-refractivity contribution in [3.05, 3.63) is 29.8 Å². The molecule has 1 N–H and O–H groups in total. The summed E-state index contributed by atoms with van der Waals surface area (Å²) in [5.41, 5.74) is 0.197. The number of anilines is 1. The number of urea groups is 1. The van der Waals surface area contributed by atoms with Gasteiger partial charge in [0.25, 0.3) is 0 Å². The molecule has 0 aromatic heterocycles. The predicted molar refractivity (Wildman–Crippen MR) is 69.2 cm³/mol. The Labute approximate surface area is 115 Å². The van der Waals surface area contributed by atoms with E-state index in [2.05, 4.69) is 5.32 Å². The molecule has 0 aliphatic carbocycles. The van der Waals surface area contributed by atoms with Gasteiger partial charge in [0.2, 0.25) is 5.91 Å². The largest absolute Gasteiger partial charge is 0.339 e. The molecule has 0 radical (unpaired) electrons. The summed E-state index contributed by atoms with van der Waals surface area (Å²) in [4.78, 5) is 26.3. The number of halogens is 2. The van der Waals surface area contributed by atoms with E-state index in [4.69, 9.17) is 0 Å². The first-order valence-electron chi connectivity index (χ1n) is 6.24. The number of nitrogens with one attached hydrogen (secondary N) is 1. The Bertz CT molecular complexity index is 528. The van der Waals surface area contributed by atoms with E-state index in [0.717, 1.165) is 12.1 Å². The van der Waals surface area contributed by atoms with Crippen molar-refractivity contribution in [3.63, 3.8) is 0 Å². The van der Waals surface area contributed by atoms with Gasteiger partial charge in [-0.3, -0.25) is 4.79 Å². The number of carbonyl (C=O) groups excluding carboxylic acids is 2. The number of rotatable bonds is 1. The predicted octanol–water partition coefficient (Wildman–Crippen LogP) is 1.66. The van der Waals surface area contributed by atoms with Gasteiger partial charge in [0.15, 0.2) is 11.6 Å². The highest BCUT2D eigenvalue weighted by Gasteiger charge is 2.22. The number of amides is 3. The van der Waals surface area contributed by atoms with Crippen molar-refractivity contribution in [1.82, 2.24) is 9.80 Å². The van der Waals surface area contributed by atoms with Crippen molar-refractivity contribution >= 4 is 17.6 Å². The minimum absolute atomic E-state index is 0.0225. The molecule has 0 saturated carbocycles. The maximum Gasteiger partial charge on any atom is 0.321 e. The summed E-state index contributed by atoms with van der Waals surface area (Å²) in [6.45, 7) is 3.25. The number of nitrogens with zero attached hydrogens (tertiary/aromatic N) is 2. The molecule has 1 aromatic carbocycles. The number of benzene rings is 1. The van der Waals surface area contributed by atoms with E-state index in [1.54, 1.807) is 4.90 Å². The average molecular weight is 283 g/mol. The summed E-state index contributed by atoms with van der Waals surface area (Å²) in [7, 11) is 0. The lowest BCUT2D eigenvalue weighted by Crippen LogP contribution is -2.51. The second-order valence-electron chi connectivity index (χ2n) is 4.55. The van der Waals surface area contributed by atoms with Gasteiger partial charge >= 0.3 is 6.03 Å². The third-order valence-electron chi connectivity index (χ3n) is 3.18. The first-order chi connectivity index (χ1) is 9.47. The van der Waals surface area contributed by atoms with E-state index in [1.807, 2.05) is 0 Å². The maximum absolute atomic E-state index is 13.0. The summed E-state index contributed by atoms with van der Waals surface area (Å²) in [5.74, 6) is -1.99. The zero-order valence-electron chi connectivity index (χ0n) is 11.0. The molecular weight excluding hydrogens is 268 g/mol. The monoisotopic (exact) mass is 283 g/mol. The molecule has 108 valence electrons. The molecule has 1 aliphatic rings. The highest BCUT2D eigenvalue weighted by atomic mass is 19.2. The van der Waals surface area contributed by atoms with Gasteiger partial charge in [-0.25, -0.2) is 13.6 Å². The molecule has 0 spiro atoms. The van der Waals surface area contributed by atoms with Crippen molar-refractivity contribution in [3.8, 4) is 0 Å². The van der Waals surface area contributed by atoms with E-state index in [0.29, 0.717) is 26.2 Å². The molecule has 1 saturated heterocycles. The quantitative estimate of drug-likeness (QED) is 0.852. The van der Waals surface area contributed by atoms with Crippen LogP contribution in [0.5, 0.6) is 0 Å². The highest BCUT2D eigenvalue weighted by Crippen LogP contribution is 2.14. The van der Waals surface area contributed by atoms with Crippen LogP contribution in [0.2, 0.25) is 0 Å². The highest BCUT2D eigenvalue weighted by molar-refractivity contribution is 5.89. The Morgan fingerprint density at radius 3 is 2.20 bits per heavy atom. The Kier molecular flexibility index (Phi) is 4.16. The molecule has 1 aromatic rings. The van der Waals surface area contributed by atoms with Crippen LogP contribution in [-0.4, -0.2) is 47.9 Å². The third kappa shape index (κ3) is 3.23. The summed E-state index contributed by atoms with van der Waals surface area (Å²) in [5, 5.41) is 2.50. The molecule has 1 fully saturated rings. The smallest absolute Gasteiger partial charge is 0.321 e. The van der Waals surface area contributed by atoms with Gasteiger partial charge < -0.3 is 15.1 Å². The van der Waals surface area contributed by atoms with Crippen LogP contribution in [0.1, 0.15) is 6.92 Å². The van der Waals surface area contributed by atoms with Gasteiger partial charge in [-0.05, 0) is 12.1 Å².